The van der Waals surface area contributed by atoms with Gasteiger partial charge in [-0.1, -0.05) is 23.9 Å². The molecule has 0 aliphatic heterocycles. The van der Waals surface area contributed by atoms with E-state index in [1.54, 1.807) is 6.07 Å². The van der Waals surface area contributed by atoms with Gasteiger partial charge >= 0.3 is 5.97 Å². The van der Waals surface area contributed by atoms with E-state index in [1.807, 2.05) is 18.2 Å². The lowest BCUT2D eigenvalue weighted by Crippen LogP contribution is -2.15. The van der Waals surface area contributed by atoms with Gasteiger partial charge in [0.2, 0.25) is 0 Å². The van der Waals surface area contributed by atoms with Crippen molar-refractivity contribution in [1.82, 2.24) is 4.98 Å². The minimum atomic E-state index is -0.558. The lowest BCUT2D eigenvalue weighted by molar-refractivity contribution is -0.139. The molecule has 0 aliphatic rings. The van der Waals surface area contributed by atoms with Crippen LogP contribution in [0.1, 0.15) is 10.4 Å². The number of rotatable bonds is 6. The SMILES string of the molecule is O=C(CSc1nc2ccccc2o1)OCC(=O)c1ccc(F)cc1. The van der Waals surface area contributed by atoms with Crippen molar-refractivity contribution < 1.29 is 23.1 Å². The molecule has 24 heavy (non-hydrogen) atoms. The third-order valence-corrected chi connectivity index (χ3v) is 3.92. The number of aromatic nitrogens is 1. The van der Waals surface area contributed by atoms with Gasteiger partial charge in [0.05, 0.1) is 0 Å². The highest BCUT2D eigenvalue weighted by molar-refractivity contribution is 7.99. The number of thioether (sulfide) groups is 1. The molecule has 0 N–H and O–H groups in total. The van der Waals surface area contributed by atoms with Crippen molar-refractivity contribution in [1.29, 1.82) is 0 Å². The maximum atomic E-state index is 12.8. The first-order valence-electron chi connectivity index (χ1n) is 7.04. The van der Waals surface area contributed by atoms with E-state index in [9.17, 15) is 14.0 Å². The lowest BCUT2D eigenvalue weighted by atomic mass is 10.1. The van der Waals surface area contributed by atoms with Gasteiger partial charge in [-0.15, -0.1) is 0 Å². The topological polar surface area (TPSA) is 69.4 Å². The number of ketones is 1. The van der Waals surface area contributed by atoms with Gasteiger partial charge in [-0.2, -0.15) is 0 Å². The van der Waals surface area contributed by atoms with Gasteiger partial charge in [0.15, 0.2) is 18.0 Å². The van der Waals surface area contributed by atoms with Crippen molar-refractivity contribution >= 4 is 34.6 Å². The van der Waals surface area contributed by atoms with Crippen LogP contribution < -0.4 is 0 Å². The number of carbonyl (C=O) groups excluding carboxylic acids is 2. The molecule has 0 unspecified atom stereocenters. The van der Waals surface area contributed by atoms with Gasteiger partial charge in [0.25, 0.3) is 5.22 Å². The molecule has 0 atom stereocenters. The average molecular weight is 345 g/mol. The van der Waals surface area contributed by atoms with E-state index in [0.717, 1.165) is 11.8 Å². The van der Waals surface area contributed by atoms with Gasteiger partial charge in [-0.05, 0) is 36.4 Å². The summed E-state index contributed by atoms with van der Waals surface area (Å²) in [6.07, 6.45) is 0. The number of para-hydroxylation sites is 2. The number of nitrogens with zero attached hydrogens (tertiary/aromatic N) is 1. The van der Waals surface area contributed by atoms with Crippen LogP contribution in [0.2, 0.25) is 0 Å². The number of hydrogen-bond acceptors (Lipinski definition) is 6. The van der Waals surface area contributed by atoms with Crippen LogP contribution in [0.3, 0.4) is 0 Å². The second-order valence-electron chi connectivity index (χ2n) is 4.83. The number of halogens is 1. The van der Waals surface area contributed by atoms with Crippen LogP contribution in [-0.2, 0) is 9.53 Å². The van der Waals surface area contributed by atoms with Crippen LogP contribution in [0.25, 0.3) is 11.1 Å². The van der Waals surface area contributed by atoms with Crippen LogP contribution >= 0.6 is 11.8 Å². The van der Waals surface area contributed by atoms with E-state index in [1.165, 1.54) is 24.3 Å². The Morgan fingerprint density at radius 1 is 1.12 bits per heavy atom. The minimum Gasteiger partial charge on any atom is -0.457 e. The van der Waals surface area contributed by atoms with Crippen molar-refractivity contribution in [3.05, 3.63) is 59.9 Å². The predicted octanol–water partition coefficient (Wildman–Crippen LogP) is 3.49. The van der Waals surface area contributed by atoms with E-state index in [2.05, 4.69) is 4.98 Å². The number of benzene rings is 2. The molecule has 1 aromatic heterocycles. The second kappa shape index (κ2) is 7.27. The first kappa shape index (κ1) is 16.2. The van der Waals surface area contributed by atoms with Gasteiger partial charge in [-0.25, -0.2) is 9.37 Å². The van der Waals surface area contributed by atoms with E-state index < -0.39 is 24.2 Å². The van der Waals surface area contributed by atoms with Gasteiger partial charge in [-0.3, -0.25) is 9.59 Å². The number of esters is 1. The summed E-state index contributed by atoms with van der Waals surface area (Å²) in [4.78, 5) is 27.7. The predicted molar refractivity (Wildman–Crippen MR) is 86.4 cm³/mol. The summed E-state index contributed by atoms with van der Waals surface area (Å²) in [7, 11) is 0. The Labute approximate surface area is 140 Å². The zero-order chi connectivity index (χ0) is 16.9. The monoisotopic (exact) mass is 345 g/mol. The molecule has 122 valence electrons. The van der Waals surface area contributed by atoms with Gasteiger partial charge < -0.3 is 9.15 Å². The molecular weight excluding hydrogens is 333 g/mol. The highest BCUT2D eigenvalue weighted by Crippen LogP contribution is 2.23. The van der Waals surface area contributed by atoms with Gasteiger partial charge in [0.1, 0.15) is 17.1 Å². The average Bonchev–Trinajstić information content (AvgIpc) is 3.01. The first-order valence-corrected chi connectivity index (χ1v) is 8.03. The molecule has 7 heteroatoms. The summed E-state index contributed by atoms with van der Waals surface area (Å²) in [5, 5.41) is 0.359. The third-order valence-electron chi connectivity index (χ3n) is 3.12. The Morgan fingerprint density at radius 3 is 2.62 bits per heavy atom. The normalized spacial score (nSPS) is 10.7. The van der Waals surface area contributed by atoms with Crippen LogP contribution in [0.5, 0.6) is 0 Å². The molecule has 0 fully saturated rings. The highest BCUT2D eigenvalue weighted by Gasteiger charge is 2.13. The quantitative estimate of drug-likeness (QED) is 0.387. The van der Waals surface area contributed by atoms with Crippen molar-refractivity contribution in [3.63, 3.8) is 0 Å². The summed E-state index contributed by atoms with van der Waals surface area (Å²) in [6, 6.07) is 12.3. The molecule has 3 aromatic rings. The van der Waals surface area contributed by atoms with Gasteiger partial charge in [0, 0.05) is 5.56 Å². The molecule has 2 aromatic carbocycles. The Bertz CT molecular complexity index is 843. The molecule has 0 aliphatic carbocycles. The Kier molecular flexibility index (Phi) is 4.90. The number of fused-ring (bicyclic) bond motifs is 1. The summed E-state index contributed by atoms with van der Waals surface area (Å²) in [5.41, 5.74) is 1.63. The van der Waals surface area contributed by atoms with Crippen molar-refractivity contribution in [3.8, 4) is 0 Å². The fraction of sp³-hybridized carbons (Fsp3) is 0.118. The number of oxazole rings is 1. The summed E-state index contributed by atoms with van der Waals surface area (Å²) in [5.74, 6) is -1.41. The Balaban J connectivity index is 1.48. The third kappa shape index (κ3) is 3.99. The largest absolute Gasteiger partial charge is 0.457 e. The summed E-state index contributed by atoms with van der Waals surface area (Å²) < 4.78 is 23.2. The zero-order valence-corrected chi connectivity index (χ0v) is 13.2. The number of ether oxygens (including phenoxy) is 1. The van der Waals surface area contributed by atoms with Crippen molar-refractivity contribution in [2.24, 2.45) is 0 Å². The van der Waals surface area contributed by atoms with Crippen LogP contribution in [0.15, 0.2) is 58.2 Å². The molecule has 1 heterocycles. The Hall–Kier alpha value is -2.67. The molecule has 0 bridgehead atoms. The standard InChI is InChI=1S/C17H12FNO4S/c18-12-7-5-11(6-8-12)14(20)9-22-16(21)10-24-17-19-13-3-1-2-4-15(13)23-17/h1-8H,9-10H2. The number of Topliss-reactive ketones (excluding diaryl/α,β-unsaturated/α-hetero) is 1. The van der Waals surface area contributed by atoms with Crippen LogP contribution in [0.4, 0.5) is 4.39 Å². The molecular formula is C17H12FNO4S. The van der Waals surface area contributed by atoms with Crippen LogP contribution in [-0.4, -0.2) is 29.1 Å². The molecule has 3 rings (SSSR count). The molecule has 0 radical (unpaired) electrons. The van der Waals surface area contributed by atoms with Crippen molar-refractivity contribution in [2.75, 3.05) is 12.4 Å². The molecule has 0 saturated heterocycles. The first-order chi connectivity index (χ1) is 11.6. The van der Waals surface area contributed by atoms with E-state index >= 15 is 0 Å². The Morgan fingerprint density at radius 2 is 1.88 bits per heavy atom. The highest BCUT2D eigenvalue weighted by atomic mass is 32.2. The summed E-state index contributed by atoms with van der Waals surface area (Å²) in [6.45, 7) is -0.390. The molecule has 0 amide bonds. The van der Waals surface area contributed by atoms with E-state index in [-0.39, 0.29) is 11.3 Å². The maximum Gasteiger partial charge on any atom is 0.316 e. The van der Waals surface area contributed by atoms with E-state index in [4.69, 9.17) is 9.15 Å². The fourth-order valence-corrected chi connectivity index (χ4v) is 2.58. The molecule has 0 spiro atoms. The van der Waals surface area contributed by atoms with Crippen molar-refractivity contribution in [2.45, 2.75) is 5.22 Å². The summed E-state index contributed by atoms with van der Waals surface area (Å²) >= 11 is 1.09. The number of carbonyl (C=O) groups is 2. The number of hydrogen-bond donors (Lipinski definition) is 0. The zero-order valence-electron chi connectivity index (χ0n) is 12.4. The van der Waals surface area contributed by atoms with Crippen LogP contribution in [0, 0.1) is 5.82 Å². The second-order valence-corrected chi connectivity index (χ2v) is 5.75. The maximum absolute atomic E-state index is 12.8. The minimum absolute atomic E-state index is 0.0243. The van der Waals surface area contributed by atoms with E-state index in [0.29, 0.717) is 16.3 Å². The smallest absolute Gasteiger partial charge is 0.316 e. The molecule has 0 saturated carbocycles. The molecule has 5 nitrogen and oxygen atoms in total. The fourth-order valence-electron chi connectivity index (χ4n) is 1.94. The lowest BCUT2D eigenvalue weighted by Gasteiger charge is -2.03.